The van der Waals surface area contributed by atoms with Gasteiger partial charge in [0.2, 0.25) is 0 Å². The van der Waals surface area contributed by atoms with Crippen LogP contribution in [0.1, 0.15) is 23.2 Å². The molecule has 0 saturated carbocycles. The van der Waals surface area contributed by atoms with E-state index in [9.17, 15) is 4.79 Å². The van der Waals surface area contributed by atoms with Gasteiger partial charge in [0.15, 0.2) is 0 Å². The van der Waals surface area contributed by atoms with Crippen LogP contribution in [0.15, 0.2) is 48.8 Å². The number of benzene rings is 1. The minimum atomic E-state index is 0.118. The summed E-state index contributed by atoms with van der Waals surface area (Å²) in [6, 6.07) is 12.1. The fourth-order valence-electron chi connectivity index (χ4n) is 3.20. The lowest BCUT2D eigenvalue weighted by Crippen LogP contribution is -2.46. The van der Waals surface area contributed by atoms with Crippen molar-refractivity contribution in [2.45, 2.75) is 18.9 Å². The first kappa shape index (κ1) is 17.7. The third kappa shape index (κ3) is 4.50. The van der Waals surface area contributed by atoms with Gasteiger partial charge in [0.25, 0.3) is 5.91 Å². The summed E-state index contributed by atoms with van der Waals surface area (Å²) in [5, 5.41) is 0. The predicted octanol–water partition coefficient (Wildman–Crippen LogP) is 2.66. The fraction of sp³-hybridized carbons (Fsp3) is 0.450. The van der Waals surface area contributed by atoms with Crippen LogP contribution in [0, 0.1) is 0 Å². The highest BCUT2D eigenvalue weighted by Gasteiger charge is 2.26. The summed E-state index contributed by atoms with van der Waals surface area (Å²) >= 11 is 0. The standard InChI is InChI=1S/C20H27N3O2/c1-21(2)13-14-23(19-9-15-25-16-10-19)20(24)17-5-7-18(8-6-17)22-11-3-4-12-22/h3-8,11-12,19H,9-10,13-16H2,1-2H3. The molecule has 0 spiro atoms. The van der Waals surface area contributed by atoms with Crippen molar-refractivity contribution in [1.82, 2.24) is 14.4 Å². The zero-order valence-corrected chi connectivity index (χ0v) is 15.1. The van der Waals surface area contributed by atoms with Crippen molar-refractivity contribution in [3.8, 4) is 5.69 Å². The van der Waals surface area contributed by atoms with Gasteiger partial charge >= 0.3 is 0 Å². The maximum absolute atomic E-state index is 13.1. The van der Waals surface area contributed by atoms with Gasteiger partial charge in [0.1, 0.15) is 0 Å². The summed E-state index contributed by atoms with van der Waals surface area (Å²) in [4.78, 5) is 17.3. The molecule has 25 heavy (non-hydrogen) atoms. The van der Waals surface area contributed by atoms with Gasteiger partial charge in [0, 0.05) is 56.0 Å². The third-order valence-corrected chi connectivity index (χ3v) is 4.70. The zero-order valence-electron chi connectivity index (χ0n) is 15.1. The molecule has 2 heterocycles. The second-order valence-electron chi connectivity index (χ2n) is 6.78. The van der Waals surface area contributed by atoms with Gasteiger partial charge in [-0.15, -0.1) is 0 Å². The van der Waals surface area contributed by atoms with Gasteiger partial charge in [-0.2, -0.15) is 0 Å². The molecule has 0 unspecified atom stereocenters. The molecule has 5 heteroatoms. The van der Waals surface area contributed by atoms with Gasteiger partial charge < -0.3 is 19.1 Å². The topological polar surface area (TPSA) is 37.7 Å². The number of ether oxygens (including phenoxy) is 1. The molecule has 3 rings (SSSR count). The number of rotatable bonds is 6. The Labute approximate surface area is 149 Å². The van der Waals surface area contributed by atoms with E-state index in [0.29, 0.717) is 0 Å². The molecule has 0 aliphatic carbocycles. The Balaban J connectivity index is 1.75. The zero-order chi connectivity index (χ0) is 17.6. The third-order valence-electron chi connectivity index (χ3n) is 4.70. The molecular formula is C20H27N3O2. The summed E-state index contributed by atoms with van der Waals surface area (Å²) in [6.07, 6.45) is 5.84. The molecule has 1 amide bonds. The highest BCUT2D eigenvalue weighted by atomic mass is 16.5. The summed E-state index contributed by atoms with van der Waals surface area (Å²) in [7, 11) is 4.08. The molecule has 1 aliphatic rings. The number of amides is 1. The molecule has 0 bridgehead atoms. The Morgan fingerprint density at radius 3 is 2.32 bits per heavy atom. The number of aromatic nitrogens is 1. The number of carbonyl (C=O) groups excluding carboxylic acids is 1. The fourth-order valence-corrected chi connectivity index (χ4v) is 3.20. The quantitative estimate of drug-likeness (QED) is 0.811. The minimum absolute atomic E-state index is 0.118. The maximum atomic E-state index is 13.1. The van der Waals surface area contributed by atoms with E-state index >= 15 is 0 Å². The van der Waals surface area contributed by atoms with Crippen molar-refractivity contribution in [2.75, 3.05) is 40.4 Å². The molecule has 1 aromatic carbocycles. The molecule has 0 N–H and O–H groups in total. The van der Waals surface area contributed by atoms with E-state index in [0.717, 1.165) is 50.4 Å². The van der Waals surface area contributed by atoms with Crippen LogP contribution in [0.25, 0.3) is 5.69 Å². The van der Waals surface area contributed by atoms with Crippen LogP contribution in [0.5, 0.6) is 0 Å². The number of likely N-dealkylation sites (N-methyl/N-ethyl adjacent to an activating group) is 1. The number of nitrogens with zero attached hydrogens (tertiary/aromatic N) is 3. The molecule has 0 radical (unpaired) electrons. The Hall–Kier alpha value is -2.11. The lowest BCUT2D eigenvalue weighted by Gasteiger charge is -2.35. The van der Waals surface area contributed by atoms with E-state index in [4.69, 9.17) is 4.74 Å². The molecule has 5 nitrogen and oxygen atoms in total. The number of hydrogen-bond donors (Lipinski definition) is 0. The van der Waals surface area contributed by atoms with Crippen LogP contribution in [0.3, 0.4) is 0 Å². The minimum Gasteiger partial charge on any atom is -0.381 e. The van der Waals surface area contributed by atoms with Crippen LogP contribution in [-0.2, 0) is 4.74 Å². The Kier molecular flexibility index (Phi) is 5.89. The highest BCUT2D eigenvalue weighted by Crippen LogP contribution is 2.19. The molecule has 134 valence electrons. The monoisotopic (exact) mass is 341 g/mol. The average Bonchev–Trinajstić information content (AvgIpc) is 3.17. The molecule has 1 saturated heterocycles. The molecule has 0 atom stereocenters. The van der Waals surface area contributed by atoms with Crippen molar-refractivity contribution >= 4 is 5.91 Å². The van der Waals surface area contributed by atoms with Crippen molar-refractivity contribution in [1.29, 1.82) is 0 Å². The lowest BCUT2D eigenvalue weighted by atomic mass is 10.0. The summed E-state index contributed by atoms with van der Waals surface area (Å²) in [5.41, 5.74) is 1.81. The van der Waals surface area contributed by atoms with Crippen LogP contribution in [-0.4, -0.2) is 66.7 Å². The smallest absolute Gasteiger partial charge is 0.254 e. The largest absolute Gasteiger partial charge is 0.381 e. The Bertz CT molecular complexity index is 659. The number of hydrogen-bond acceptors (Lipinski definition) is 3. The summed E-state index contributed by atoms with van der Waals surface area (Å²) in [6.45, 7) is 3.09. The maximum Gasteiger partial charge on any atom is 0.254 e. The van der Waals surface area contributed by atoms with Crippen molar-refractivity contribution in [3.63, 3.8) is 0 Å². The summed E-state index contributed by atoms with van der Waals surface area (Å²) < 4.78 is 7.51. The molecule has 2 aromatic rings. The van der Waals surface area contributed by atoms with Crippen LogP contribution in [0.2, 0.25) is 0 Å². The van der Waals surface area contributed by atoms with E-state index in [2.05, 4.69) is 4.90 Å². The van der Waals surface area contributed by atoms with E-state index in [1.807, 2.05) is 72.4 Å². The van der Waals surface area contributed by atoms with Gasteiger partial charge in [-0.05, 0) is 63.3 Å². The molecular weight excluding hydrogens is 314 g/mol. The molecule has 1 aromatic heterocycles. The first-order valence-electron chi connectivity index (χ1n) is 8.92. The normalized spacial score (nSPS) is 15.5. The van der Waals surface area contributed by atoms with Gasteiger partial charge in [-0.1, -0.05) is 0 Å². The second kappa shape index (κ2) is 8.32. The van der Waals surface area contributed by atoms with Crippen LogP contribution >= 0.6 is 0 Å². The van der Waals surface area contributed by atoms with Crippen molar-refractivity contribution < 1.29 is 9.53 Å². The Morgan fingerprint density at radius 2 is 1.72 bits per heavy atom. The predicted molar refractivity (Wildman–Crippen MR) is 99.2 cm³/mol. The first-order valence-corrected chi connectivity index (χ1v) is 8.92. The van der Waals surface area contributed by atoms with Crippen molar-refractivity contribution in [3.05, 3.63) is 54.4 Å². The van der Waals surface area contributed by atoms with E-state index in [1.54, 1.807) is 0 Å². The highest BCUT2D eigenvalue weighted by molar-refractivity contribution is 5.94. The van der Waals surface area contributed by atoms with Gasteiger partial charge in [-0.25, -0.2) is 0 Å². The Morgan fingerprint density at radius 1 is 1.08 bits per heavy atom. The second-order valence-corrected chi connectivity index (χ2v) is 6.78. The van der Waals surface area contributed by atoms with Gasteiger partial charge in [0.05, 0.1) is 0 Å². The SMILES string of the molecule is CN(C)CCN(C(=O)c1ccc(-n2cccc2)cc1)C1CCOCC1. The lowest BCUT2D eigenvalue weighted by molar-refractivity contribution is 0.0276. The molecule has 1 aliphatic heterocycles. The van der Waals surface area contributed by atoms with E-state index in [-0.39, 0.29) is 11.9 Å². The van der Waals surface area contributed by atoms with Crippen LogP contribution < -0.4 is 0 Å². The molecule has 1 fully saturated rings. The average molecular weight is 341 g/mol. The van der Waals surface area contributed by atoms with E-state index < -0.39 is 0 Å². The first-order chi connectivity index (χ1) is 12.1. The van der Waals surface area contributed by atoms with Crippen LogP contribution in [0.4, 0.5) is 0 Å². The van der Waals surface area contributed by atoms with E-state index in [1.165, 1.54) is 0 Å². The van der Waals surface area contributed by atoms with Gasteiger partial charge in [-0.3, -0.25) is 4.79 Å². The number of carbonyl (C=O) groups is 1. The summed E-state index contributed by atoms with van der Waals surface area (Å²) in [5.74, 6) is 0.118. The van der Waals surface area contributed by atoms with Crippen molar-refractivity contribution in [2.24, 2.45) is 0 Å².